The lowest BCUT2D eigenvalue weighted by Gasteiger charge is -2.29. The Morgan fingerprint density at radius 2 is 2.24 bits per heavy atom. The van der Waals surface area contributed by atoms with E-state index < -0.39 is 0 Å². The Balaban J connectivity index is 2.15. The summed E-state index contributed by atoms with van der Waals surface area (Å²) in [6.45, 7) is 8.47. The Hall–Kier alpha value is -0.800. The minimum Gasteiger partial charge on any atom is -0.464 e. The molecule has 2 heterocycles. The Kier molecular flexibility index (Phi) is 3.89. The fraction of sp³-hybridized carbons (Fsp3) is 0.714. The average Bonchev–Trinajstić information content (AvgIpc) is 2.88. The SMILES string of the molecule is CCc1ccc(C(CN)N2CC(C)CC2C)o1. The Bertz CT molecular complexity index is 361. The first-order valence-corrected chi connectivity index (χ1v) is 6.70. The molecule has 2 rings (SSSR count). The molecule has 0 spiro atoms. The molecule has 0 radical (unpaired) electrons. The van der Waals surface area contributed by atoms with Crippen LogP contribution in [0.2, 0.25) is 0 Å². The van der Waals surface area contributed by atoms with Crippen LogP contribution < -0.4 is 5.73 Å². The fourth-order valence-corrected chi connectivity index (χ4v) is 2.95. The van der Waals surface area contributed by atoms with Gasteiger partial charge in [0.15, 0.2) is 0 Å². The van der Waals surface area contributed by atoms with Gasteiger partial charge in [-0.2, -0.15) is 0 Å². The maximum absolute atomic E-state index is 5.94. The summed E-state index contributed by atoms with van der Waals surface area (Å²) in [4.78, 5) is 2.49. The molecule has 96 valence electrons. The maximum atomic E-state index is 5.94. The van der Waals surface area contributed by atoms with Gasteiger partial charge < -0.3 is 10.2 Å². The van der Waals surface area contributed by atoms with Crippen molar-refractivity contribution in [2.45, 2.75) is 45.7 Å². The minimum atomic E-state index is 0.246. The summed E-state index contributed by atoms with van der Waals surface area (Å²) < 4.78 is 5.86. The lowest BCUT2D eigenvalue weighted by Crippen LogP contribution is -2.36. The molecule has 0 aromatic carbocycles. The monoisotopic (exact) mass is 236 g/mol. The van der Waals surface area contributed by atoms with Crippen LogP contribution in [0.4, 0.5) is 0 Å². The van der Waals surface area contributed by atoms with E-state index in [1.165, 1.54) is 6.42 Å². The predicted molar refractivity (Wildman–Crippen MR) is 69.8 cm³/mol. The van der Waals surface area contributed by atoms with Crippen LogP contribution in [0.1, 0.15) is 44.8 Å². The van der Waals surface area contributed by atoms with Crippen molar-refractivity contribution in [2.75, 3.05) is 13.1 Å². The van der Waals surface area contributed by atoms with Gasteiger partial charge in [-0.1, -0.05) is 13.8 Å². The first kappa shape index (κ1) is 12.7. The number of hydrogen-bond donors (Lipinski definition) is 1. The molecule has 0 saturated carbocycles. The van der Waals surface area contributed by atoms with E-state index in [4.69, 9.17) is 10.2 Å². The predicted octanol–water partition coefficient (Wildman–Crippen LogP) is 2.57. The molecule has 3 atom stereocenters. The van der Waals surface area contributed by atoms with Gasteiger partial charge in [-0.25, -0.2) is 0 Å². The van der Waals surface area contributed by atoms with Crippen LogP contribution in [0.5, 0.6) is 0 Å². The van der Waals surface area contributed by atoms with Crippen molar-refractivity contribution in [3.63, 3.8) is 0 Å². The van der Waals surface area contributed by atoms with Crippen molar-refractivity contribution in [3.05, 3.63) is 23.7 Å². The highest BCUT2D eigenvalue weighted by Crippen LogP contribution is 2.32. The zero-order valence-corrected chi connectivity index (χ0v) is 11.1. The van der Waals surface area contributed by atoms with E-state index in [-0.39, 0.29) is 6.04 Å². The molecule has 3 heteroatoms. The van der Waals surface area contributed by atoms with Gasteiger partial charge in [0.25, 0.3) is 0 Å². The van der Waals surface area contributed by atoms with Crippen molar-refractivity contribution in [1.82, 2.24) is 4.90 Å². The highest BCUT2D eigenvalue weighted by molar-refractivity contribution is 5.12. The third-order valence-corrected chi connectivity index (χ3v) is 3.82. The summed E-state index contributed by atoms with van der Waals surface area (Å²) in [5.41, 5.74) is 5.94. The van der Waals surface area contributed by atoms with Crippen LogP contribution in [0, 0.1) is 5.92 Å². The summed E-state index contributed by atoms with van der Waals surface area (Å²) in [5, 5.41) is 0. The van der Waals surface area contributed by atoms with Crippen molar-refractivity contribution in [2.24, 2.45) is 11.7 Å². The second-order valence-electron chi connectivity index (χ2n) is 5.30. The smallest absolute Gasteiger partial charge is 0.122 e. The second kappa shape index (κ2) is 5.23. The highest BCUT2D eigenvalue weighted by Gasteiger charge is 2.33. The molecule has 1 aromatic heterocycles. The van der Waals surface area contributed by atoms with E-state index in [0.29, 0.717) is 12.6 Å². The van der Waals surface area contributed by atoms with Crippen LogP contribution >= 0.6 is 0 Å². The van der Waals surface area contributed by atoms with Crippen molar-refractivity contribution in [3.8, 4) is 0 Å². The first-order valence-electron chi connectivity index (χ1n) is 6.70. The summed E-state index contributed by atoms with van der Waals surface area (Å²) in [6, 6.07) is 5.01. The lowest BCUT2D eigenvalue weighted by atomic mass is 10.1. The Morgan fingerprint density at radius 3 is 2.71 bits per heavy atom. The van der Waals surface area contributed by atoms with Crippen LogP contribution in [0.25, 0.3) is 0 Å². The molecule has 3 nitrogen and oxygen atoms in total. The molecule has 3 unspecified atom stereocenters. The van der Waals surface area contributed by atoms with Gasteiger partial charge in [0.05, 0.1) is 6.04 Å². The number of furan rings is 1. The molecule has 1 fully saturated rings. The van der Waals surface area contributed by atoms with Gasteiger partial charge in [-0.3, -0.25) is 4.90 Å². The van der Waals surface area contributed by atoms with Crippen LogP contribution in [0.15, 0.2) is 16.5 Å². The van der Waals surface area contributed by atoms with Gasteiger partial charge in [0, 0.05) is 25.6 Å². The summed E-state index contributed by atoms with van der Waals surface area (Å²) >= 11 is 0. The van der Waals surface area contributed by atoms with E-state index >= 15 is 0 Å². The topological polar surface area (TPSA) is 42.4 Å². The Morgan fingerprint density at radius 1 is 1.47 bits per heavy atom. The molecule has 2 N–H and O–H groups in total. The van der Waals surface area contributed by atoms with Crippen molar-refractivity contribution >= 4 is 0 Å². The zero-order valence-electron chi connectivity index (χ0n) is 11.1. The van der Waals surface area contributed by atoms with Crippen LogP contribution in [0.3, 0.4) is 0 Å². The summed E-state index contributed by atoms with van der Waals surface area (Å²) in [5.74, 6) is 2.85. The molecule has 1 aliphatic rings. The van der Waals surface area contributed by atoms with E-state index in [2.05, 4.69) is 37.8 Å². The lowest BCUT2D eigenvalue weighted by molar-refractivity contribution is 0.169. The molecule has 0 bridgehead atoms. The molecule has 17 heavy (non-hydrogen) atoms. The number of aryl methyl sites for hydroxylation is 1. The first-order chi connectivity index (χ1) is 8.15. The normalized spacial score (nSPS) is 27.5. The molecule has 0 aliphatic carbocycles. The third-order valence-electron chi connectivity index (χ3n) is 3.82. The fourth-order valence-electron chi connectivity index (χ4n) is 2.95. The molecular weight excluding hydrogens is 212 g/mol. The van der Waals surface area contributed by atoms with Crippen LogP contribution in [-0.2, 0) is 6.42 Å². The average molecular weight is 236 g/mol. The molecule has 0 amide bonds. The van der Waals surface area contributed by atoms with Crippen LogP contribution in [-0.4, -0.2) is 24.0 Å². The second-order valence-corrected chi connectivity index (χ2v) is 5.30. The standard InChI is InChI=1S/C14H24N2O/c1-4-12-5-6-14(17-12)13(8-15)16-9-10(2)7-11(16)3/h5-6,10-11,13H,4,7-9,15H2,1-3H3. The maximum Gasteiger partial charge on any atom is 0.122 e. The van der Waals surface area contributed by atoms with Gasteiger partial charge in [-0.05, 0) is 31.4 Å². The zero-order chi connectivity index (χ0) is 12.4. The number of hydrogen-bond acceptors (Lipinski definition) is 3. The van der Waals surface area contributed by atoms with E-state index in [1.54, 1.807) is 0 Å². The van der Waals surface area contributed by atoms with Gasteiger partial charge >= 0.3 is 0 Å². The van der Waals surface area contributed by atoms with E-state index in [0.717, 1.165) is 30.4 Å². The van der Waals surface area contributed by atoms with E-state index in [9.17, 15) is 0 Å². The van der Waals surface area contributed by atoms with Crippen molar-refractivity contribution < 1.29 is 4.42 Å². The molecule has 1 aliphatic heterocycles. The van der Waals surface area contributed by atoms with Gasteiger partial charge in [-0.15, -0.1) is 0 Å². The molecular formula is C14H24N2O. The Labute approximate surface area is 104 Å². The number of nitrogens with two attached hydrogens (primary N) is 1. The van der Waals surface area contributed by atoms with Gasteiger partial charge in [0.2, 0.25) is 0 Å². The van der Waals surface area contributed by atoms with E-state index in [1.807, 2.05) is 0 Å². The largest absolute Gasteiger partial charge is 0.464 e. The quantitative estimate of drug-likeness (QED) is 0.873. The third kappa shape index (κ3) is 2.55. The minimum absolute atomic E-state index is 0.246. The molecule has 1 saturated heterocycles. The number of rotatable bonds is 4. The summed E-state index contributed by atoms with van der Waals surface area (Å²) in [6.07, 6.45) is 2.21. The number of likely N-dealkylation sites (tertiary alicyclic amines) is 1. The number of nitrogens with zero attached hydrogens (tertiary/aromatic N) is 1. The van der Waals surface area contributed by atoms with Crippen molar-refractivity contribution in [1.29, 1.82) is 0 Å². The summed E-state index contributed by atoms with van der Waals surface area (Å²) in [7, 11) is 0. The highest BCUT2D eigenvalue weighted by atomic mass is 16.3. The van der Waals surface area contributed by atoms with Gasteiger partial charge in [0.1, 0.15) is 11.5 Å². The molecule has 1 aromatic rings.